The van der Waals surface area contributed by atoms with Crippen molar-refractivity contribution < 1.29 is 4.74 Å². The van der Waals surface area contributed by atoms with E-state index in [4.69, 9.17) is 4.74 Å². The summed E-state index contributed by atoms with van der Waals surface area (Å²) in [7, 11) is 1.76. The number of anilines is 1. The molecule has 28 heavy (non-hydrogen) atoms. The van der Waals surface area contributed by atoms with Crippen LogP contribution in [0.25, 0.3) is 21.9 Å². The molecule has 0 aromatic heterocycles. The van der Waals surface area contributed by atoms with E-state index in [1.807, 2.05) is 12.5 Å². The van der Waals surface area contributed by atoms with Crippen molar-refractivity contribution in [2.45, 2.75) is 26.2 Å². The highest BCUT2D eigenvalue weighted by Crippen LogP contribution is 2.43. The van der Waals surface area contributed by atoms with Gasteiger partial charge in [-0.15, -0.1) is 0 Å². The van der Waals surface area contributed by atoms with Crippen LogP contribution < -0.4 is 9.64 Å². The van der Waals surface area contributed by atoms with Gasteiger partial charge in [0.1, 0.15) is 5.75 Å². The molecule has 0 spiro atoms. The molecule has 142 valence electrons. The molecule has 1 heterocycles. The fraction of sp³-hybridized carbons (Fsp3) is 0.240. The number of benzene rings is 3. The van der Waals surface area contributed by atoms with Gasteiger partial charge in [0.25, 0.3) is 0 Å². The molecular weight excluding hydrogens is 344 g/mol. The molecule has 1 aliphatic rings. The molecule has 0 saturated heterocycles. The summed E-state index contributed by atoms with van der Waals surface area (Å²) < 4.78 is 5.95. The van der Waals surface area contributed by atoms with Crippen molar-refractivity contribution in [2.24, 2.45) is 4.99 Å². The summed E-state index contributed by atoms with van der Waals surface area (Å²) in [5.74, 6) is 0.941. The van der Waals surface area contributed by atoms with E-state index in [-0.39, 0.29) is 5.41 Å². The first-order valence-electron chi connectivity index (χ1n) is 9.64. The Hall–Kier alpha value is -3.07. The maximum Gasteiger partial charge on any atom is 0.130 e. The number of fused-ring (bicyclic) bond motifs is 1. The van der Waals surface area contributed by atoms with Crippen LogP contribution >= 0.6 is 0 Å². The summed E-state index contributed by atoms with van der Waals surface area (Å²) in [6.45, 7) is 7.49. The molecule has 0 fully saturated rings. The summed E-state index contributed by atoms with van der Waals surface area (Å²) in [5.41, 5.74) is 4.54. The van der Waals surface area contributed by atoms with Gasteiger partial charge < -0.3 is 9.64 Å². The quantitative estimate of drug-likeness (QED) is 0.550. The van der Waals surface area contributed by atoms with Crippen LogP contribution in [0.4, 0.5) is 5.69 Å². The molecular formula is C25H26N2O. The normalized spacial score (nSPS) is 13.9. The fourth-order valence-corrected chi connectivity index (χ4v) is 3.69. The maximum absolute atomic E-state index is 5.95. The Balaban J connectivity index is 1.95. The number of aliphatic imine (C=N–C) groups is 1. The molecule has 0 radical (unpaired) electrons. The largest absolute Gasteiger partial charge is 0.496 e. The summed E-state index contributed by atoms with van der Waals surface area (Å²) in [4.78, 5) is 6.47. The van der Waals surface area contributed by atoms with Crippen LogP contribution in [0, 0.1) is 0 Å². The lowest BCUT2D eigenvalue weighted by Gasteiger charge is -2.28. The van der Waals surface area contributed by atoms with Crippen molar-refractivity contribution in [3.8, 4) is 16.9 Å². The lowest BCUT2D eigenvalue weighted by molar-refractivity contribution is 0.399. The number of rotatable bonds is 3. The number of hydrogen-bond donors (Lipinski definition) is 0. The van der Waals surface area contributed by atoms with Crippen molar-refractivity contribution in [3.05, 3.63) is 72.4 Å². The highest BCUT2D eigenvalue weighted by Gasteiger charge is 2.24. The maximum atomic E-state index is 5.95. The van der Waals surface area contributed by atoms with Gasteiger partial charge in [0.05, 0.1) is 13.4 Å². The van der Waals surface area contributed by atoms with Gasteiger partial charge in [-0.05, 0) is 46.0 Å². The van der Waals surface area contributed by atoms with E-state index in [1.54, 1.807) is 7.11 Å². The van der Waals surface area contributed by atoms with E-state index < -0.39 is 0 Å². The molecule has 0 saturated carbocycles. The van der Waals surface area contributed by atoms with Crippen LogP contribution in [0.15, 0.2) is 71.9 Å². The second kappa shape index (κ2) is 7.16. The van der Waals surface area contributed by atoms with Crippen LogP contribution in [0.5, 0.6) is 5.75 Å². The molecule has 1 aliphatic heterocycles. The number of ether oxygens (including phenoxy) is 1. The highest BCUT2D eigenvalue weighted by atomic mass is 16.5. The Morgan fingerprint density at radius 2 is 1.75 bits per heavy atom. The van der Waals surface area contributed by atoms with Crippen molar-refractivity contribution in [3.63, 3.8) is 0 Å². The van der Waals surface area contributed by atoms with Gasteiger partial charge in [-0.2, -0.15) is 0 Å². The zero-order chi connectivity index (χ0) is 19.7. The second-order valence-corrected chi connectivity index (χ2v) is 8.19. The van der Waals surface area contributed by atoms with Crippen molar-refractivity contribution >= 4 is 22.8 Å². The molecule has 3 heteroatoms. The minimum atomic E-state index is -0.0459. The lowest BCUT2D eigenvalue weighted by atomic mass is 9.83. The molecule has 0 atom stereocenters. The van der Waals surface area contributed by atoms with Gasteiger partial charge in [-0.25, -0.2) is 4.99 Å². The van der Waals surface area contributed by atoms with Gasteiger partial charge in [-0.1, -0.05) is 57.2 Å². The molecule has 0 bridgehead atoms. The van der Waals surface area contributed by atoms with Crippen LogP contribution in [0.2, 0.25) is 0 Å². The molecule has 3 aromatic rings. The Kier molecular flexibility index (Phi) is 4.68. The van der Waals surface area contributed by atoms with Gasteiger partial charge >= 0.3 is 0 Å². The fourth-order valence-electron chi connectivity index (χ4n) is 3.69. The Bertz CT molecular complexity index is 1070. The van der Waals surface area contributed by atoms with Crippen molar-refractivity contribution in [1.29, 1.82) is 0 Å². The lowest BCUT2D eigenvalue weighted by Crippen LogP contribution is -2.24. The molecule has 3 aromatic carbocycles. The molecule has 0 amide bonds. The highest BCUT2D eigenvalue weighted by molar-refractivity contribution is 5.91. The first-order chi connectivity index (χ1) is 13.5. The zero-order valence-corrected chi connectivity index (χ0v) is 16.9. The Morgan fingerprint density at radius 1 is 0.964 bits per heavy atom. The average molecular weight is 370 g/mol. The van der Waals surface area contributed by atoms with Crippen LogP contribution in [0.1, 0.15) is 26.3 Å². The van der Waals surface area contributed by atoms with E-state index in [2.05, 4.69) is 91.3 Å². The third-order valence-corrected chi connectivity index (χ3v) is 5.18. The van der Waals surface area contributed by atoms with Gasteiger partial charge in [-0.3, -0.25) is 0 Å². The second-order valence-electron chi connectivity index (χ2n) is 8.19. The molecule has 0 aliphatic carbocycles. The number of hydrogen-bond acceptors (Lipinski definition) is 3. The average Bonchev–Trinajstić information content (AvgIpc) is 2.72. The van der Waals surface area contributed by atoms with E-state index in [1.165, 1.54) is 16.3 Å². The number of methoxy groups -OCH3 is 1. The van der Waals surface area contributed by atoms with Crippen LogP contribution in [0.3, 0.4) is 0 Å². The van der Waals surface area contributed by atoms with Gasteiger partial charge in [0.2, 0.25) is 0 Å². The van der Waals surface area contributed by atoms with Crippen molar-refractivity contribution in [2.75, 3.05) is 18.6 Å². The molecule has 3 nitrogen and oxygen atoms in total. The SMILES string of the molecule is COc1c(-c2ccc3ccccc3c2)cc(N2C=NC=CC2)cc1C(C)(C)C. The summed E-state index contributed by atoms with van der Waals surface area (Å²) in [5, 5.41) is 2.47. The minimum absolute atomic E-state index is 0.0459. The standard InChI is InChI=1S/C25H26N2O/c1-25(2,3)23-16-21(27-13-7-12-26-17-27)15-22(24(23)28-4)20-11-10-18-8-5-6-9-19(18)14-20/h5-12,14-17H,13H2,1-4H3. The van der Waals surface area contributed by atoms with E-state index in [0.29, 0.717) is 0 Å². The summed E-state index contributed by atoms with van der Waals surface area (Å²) in [6.07, 6.45) is 5.80. The summed E-state index contributed by atoms with van der Waals surface area (Å²) in [6, 6.07) is 19.5. The van der Waals surface area contributed by atoms with Gasteiger partial charge in [0, 0.05) is 29.6 Å². The molecule has 4 rings (SSSR count). The third kappa shape index (κ3) is 3.40. The summed E-state index contributed by atoms with van der Waals surface area (Å²) >= 11 is 0. The third-order valence-electron chi connectivity index (χ3n) is 5.18. The smallest absolute Gasteiger partial charge is 0.130 e. The Morgan fingerprint density at radius 3 is 2.43 bits per heavy atom. The predicted octanol–water partition coefficient (Wildman–Crippen LogP) is 6.17. The minimum Gasteiger partial charge on any atom is -0.496 e. The predicted molar refractivity (Wildman–Crippen MR) is 120 cm³/mol. The number of nitrogens with zero attached hydrogens (tertiary/aromatic N) is 2. The molecule has 0 unspecified atom stereocenters. The van der Waals surface area contributed by atoms with E-state index in [0.717, 1.165) is 29.1 Å². The van der Waals surface area contributed by atoms with Gasteiger partial charge in [0.15, 0.2) is 0 Å². The zero-order valence-electron chi connectivity index (χ0n) is 16.9. The molecule has 0 N–H and O–H groups in total. The monoisotopic (exact) mass is 370 g/mol. The topological polar surface area (TPSA) is 24.8 Å². The Labute approximate surface area is 167 Å². The van der Waals surface area contributed by atoms with E-state index >= 15 is 0 Å². The first kappa shape index (κ1) is 18.3. The first-order valence-corrected chi connectivity index (χ1v) is 9.64. The van der Waals surface area contributed by atoms with Crippen LogP contribution in [-0.4, -0.2) is 20.0 Å². The van der Waals surface area contributed by atoms with E-state index in [9.17, 15) is 0 Å². The van der Waals surface area contributed by atoms with Crippen LogP contribution in [-0.2, 0) is 5.41 Å². The van der Waals surface area contributed by atoms with Crippen molar-refractivity contribution in [1.82, 2.24) is 0 Å².